The lowest BCUT2D eigenvalue weighted by Gasteiger charge is -2.19. The van der Waals surface area contributed by atoms with Crippen LogP contribution in [0.1, 0.15) is 116 Å². The van der Waals surface area contributed by atoms with Gasteiger partial charge in [0.2, 0.25) is 0 Å². The van der Waals surface area contributed by atoms with Gasteiger partial charge in [-0.25, -0.2) is 9.15 Å². The molecule has 0 amide bonds. The average Bonchev–Trinajstić information content (AvgIpc) is 3.82. The molecule has 1 saturated heterocycles. The summed E-state index contributed by atoms with van der Waals surface area (Å²) < 4.78 is 9.70. The maximum absolute atomic E-state index is 10.5. The summed E-state index contributed by atoms with van der Waals surface area (Å²) in [7, 11) is 8.10. The molecule has 8 heteroatoms. The number of nitrogens with zero attached hydrogens (tertiary/aromatic N) is 3. The van der Waals surface area contributed by atoms with E-state index in [1.165, 1.54) is 93.6 Å². The van der Waals surface area contributed by atoms with Crippen LogP contribution in [0.25, 0.3) is 0 Å². The summed E-state index contributed by atoms with van der Waals surface area (Å²) >= 11 is 12.6. The van der Waals surface area contributed by atoms with Crippen molar-refractivity contribution in [1.29, 1.82) is 0 Å². The quantitative estimate of drug-likeness (QED) is 0.212. The van der Waals surface area contributed by atoms with Crippen LogP contribution >= 0.6 is 23.2 Å². The number of aldehydes is 1. The van der Waals surface area contributed by atoms with E-state index in [0.29, 0.717) is 10.8 Å². The monoisotopic (exact) mass is 701 g/mol. The van der Waals surface area contributed by atoms with E-state index in [0.717, 1.165) is 74.9 Å². The number of hydrogen-bond donors (Lipinski definition) is 0. The van der Waals surface area contributed by atoms with Gasteiger partial charge in [0.05, 0.1) is 18.1 Å². The van der Waals surface area contributed by atoms with Gasteiger partial charge in [-0.05, 0) is 75.0 Å². The smallest absolute Gasteiger partial charge is 0.176 e. The summed E-state index contributed by atoms with van der Waals surface area (Å²) in [6.45, 7) is 5.83. The van der Waals surface area contributed by atoms with Crippen LogP contribution in [0, 0.1) is 5.92 Å². The van der Waals surface area contributed by atoms with Crippen LogP contribution in [0.15, 0.2) is 57.0 Å². The van der Waals surface area contributed by atoms with Crippen molar-refractivity contribution in [3.8, 4) is 0 Å². The number of rotatable bonds is 5. The Labute approximate surface area is 301 Å². The molecule has 0 N–H and O–H groups in total. The SMILES string of the molecule is CC1=[N+](C)CCC1.CN1CCC/C1=C\C=C1/CCCC(/C=C/C2=[N+](C)CCC2)=C1Cl.COC1=C(Cl)C(C=O)CCC1.O=C1CCCCC1. The van der Waals surface area contributed by atoms with Crippen molar-refractivity contribution in [3.63, 3.8) is 0 Å². The first-order valence-corrected chi connectivity index (χ1v) is 19.1. The van der Waals surface area contributed by atoms with Crippen molar-refractivity contribution in [3.05, 3.63) is 57.0 Å². The van der Waals surface area contributed by atoms with E-state index < -0.39 is 0 Å². The largest absolute Gasteiger partial charge is 0.500 e. The van der Waals surface area contributed by atoms with Gasteiger partial charge in [0.15, 0.2) is 5.71 Å². The number of ether oxygens (including phenoxy) is 1. The highest BCUT2D eigenvalue weighted by Gasteiger charge is 2.22. The summed E-state index contributed by atoms with van der Waals surface area (Å²) in [4.78, 5) is 23.3. The van der Waals surface area contributed by atoms with Crippen LogP contribution in [-0.2, 0) is 14.3 Å². The Morgan fingerprint density at radius 1 is 0.792 bits per heavy atom. The van der Waals surface area contributed by atoms with Crippen molar-refractivity contribution in [2.75, 3.05) is 47.9 Å². The van der Waals surface area contributed by atoms with Gasteiger partial charge in [0.1, 0.15) is 50.7 Å². The summed E-state index contributed by atoms with van der Waals surface area (Å²) in [6.07, 6.45) is 28.9. The molecule has 6 aliphatic rings. The molecule has 266 valence electrons. The van der Waals surface area contributed by atoms with Crippen LogP contribution in [0.4, 0.5) is 0 Å². The zero-order chi connectivity index (χ0) is 34.9. The predicted octanol–water partition coefficient (Wildman–Crippen LogP) is 9.12. The first kappa shape index (κ1) is 40.0. The van der Waals surface area contributed by atoms with Crippen LogP contribution in [-0.4, -0.2) is 85.4 Å². The molecule has 0 radical (unpaired) electrons. The molecule has 2 fully saturated rings. The number of methoxy groups -OCH3 is 1. The topological polar surface area (TPSA) is 52.6 Å². The van der Waals surface area contributed by atoms with E-state index in [9.17, 15) is 9.59 Å². The molecular weight excluding hydrogens is 641 g/mol. The summed E-state index contributed by atoms with van der Waals surface area (Å²) in [5, 5.41) is 1.57. The molecule has 48 heavy (non-hydrogen) atoms. The molecule has 0 spiro atoms. The molecule has 0 aromatic heterocycles. The number of Topliss-reactive ketones (excluding diaryl/α,β-unsaturated/α-hetero) is 1. The summed E-state index contributed by atoms with van der Waals surface area (Å²) in [6, 6.07) is 0. The van der Waals surface area contributed by atoms with E-state index in [-0.39, 0.29) is 5.92 Å². The second-order valence-electron chi connectivity index (χ2n) is 13.9. The van der Waals surface area contributed by atoms with Gasteiger partial charge in [-0.1, -0.05) is 41.8 Å². The molecule has 0 aromatic carbocycles. The lowest BCUT2D eigenvalue weighted by molar-refractivity contribution is -0.489. The van der Waals surface area contributed by atoms with Crippen molar-refractivity contribution < 1.29 is 23.5 Å². The van der Waals surface area contributed by atoms with Gasteiger partial charge in [-0.3, -0.25) is 4.79 Å². The fourth-order valence-electron chi connectivity index (χ4n) is 6.85. The Morgan fingerprint density at radius 3 is 2.04 bits per heavy atom. The number of ketones is 1. The van der Waals surface area contributed by atoms with Crippen molar-refractivity contribution >= 4 is 46.7 Å². The molecule has 6 rings (SSSR count). The lowest BCUT2D eigenvalue weighted by Crippen LogP contribution is -2.11. The highest BCUT2D eigenvalue weighted by atomic mass is 35.5. The van der Waals surface area contributed by atoms with E-state index in [2.05, 4.69) is 66.4 Å². The van der Waals surface area contributed by atoms with E-state index in [1.807, 2.05) is 0 Å². The molecule has 1 unspecified atom stereocenters. The first-order valence-electron chi connectivity index (χ1n) is 18.3. The number of hydrogen-bond acceptors (Lipinski definition) is 4. The van der Waals surface area contributed by atoms with Gasteiger partial charge < -0.3 is 14.4 Å². The summed E-state index contributed by atoms with van der Waals surface area (Å²) in [5.74, 6) is 1.11. The Balaban J connectivity index is 0.000000205. The van der Waals surface area contributed by atoms with Crippen LogP contribution in [0.5, 0.6) is 0 Å². The number of halogens is 2. The molecule has 6 nitrogen and oxygen atoms in total. The van der Waals surface area contributed by atoms with E-state index in [4.69, 9.17) is 27.9 Å². The molecule has 0 aromatic rings. The lowest BCUT2D eigenvalue weighted by atomic mass is 9.94. The third kappa shape index (κ3) is 13.1. The Hall–Kier alpha value is -2.44. The third-order valence-electron chi connectivity index (χ3n) is 10.3. The summed E-state index contributed by atoms with van der Waals surface area (Å²) in [5.41, 5.74) is 7.02. The molecule has 3 aliphatic carbocycles. The van der Waals surface area contributed by atoms with Gasteiger partial charge >= 0.3 is 0 Å². The van der Waals surface area contributed by atoms with Crippen LogP contribution < -0.4 is 0 Å². The van der Waals surface area contributed by atoms with Gasteiger partial charge in [0, 0.05) is 82.3 Å². The second-order valence-corrected chi connectivity index (χ2v) is 14.7. The Morgan fingerprint density at radius 2 is 1.52 bits per heavy atom. The normalized spacial score (nSPS) is 24.9. The average molecular weight is 703 g/mol. The minimum Gasteiger partial charge on any atom is -0.500 e. The Kier molecular flexibility index (Phi) is 18.0. The third-order valence-corrected chi connectivity index (χ3v) is 11.2. The zero-order valence-electron chi connectivity index (χ0n) is 30.4. The molecule has 1 atom stereocenters. The fraction of sp³-hybridized carbons (Fsp3) is 0.650. The number of carbonyl (C=O) groups excluding carboxylic acids is 2. The molecule has 1 saturated carbocycles. The van der Waals surface area contributed by atoms with Crippen molar-refractivity contribution in [2.45, 2.75) is 116 Å². The molecule has 3 heterocycles. The minimum atomic E-state index is -0.125. The van der Waals surface area contributed by atoms with Gasteiger partial charge in [0.25, 0.3) is 0 Å². The number of likely N-dealkylation sites (tertiary alicyclic amines) is 1. The van der Waals surface area contributed by atoms with Gasteiger partial charge in [-0.15, -0.1) is 0 Å². The van der Waals surface area contributed by atoms with Gasteiger partial charge in [-0.2, -0.15) is 0 Å². The fourth-order valence-corrected chi connectivity index (χ4v) is 7.50. The molecule has 3 aliphatic heterocycles. The first-order chi connectivity index (χ1) is 23.1. The Bertz CT molecular complexity index is 1310. The zero-order valence-corrected chi connectivity index (χ0v) is 31.9. The minimum absolute atomic E-state index is 0.125. The number of carbonyl (C=O) groups is 2. The van der Waals surface area contributed by atoms with E-state index >= 15 is 0 Å². The van der Waals surface area contributed by atoms with Crippen molar-refractivity contribution in [1.82, 2.24) is 4.90 Å². The van der Waals surface area contributed by atoms with Crippen LogP contribution in [0.3, 0.4) is 0 Å². The second kappa shape index (κ2) is 21.6. The highest BCUT2D eigenvalue weighted by Crippen LogP contribution is 2.34. The standard InChI is InChI=1S/C20H28ClN2.C8H11ClO2.C6H12N.C6H10O/c1-22-14-4-8-18(22)12-10-16-6-3-7-17(20(16)21)11-13-19-9-5-15-23(19)2;1-11-7-4-2-3-6(5-10)8(7)9;1-6-4-3-5-7(6)2;7-6-4-2-1-3-5-6/h10-13H,3-9,14-15H2,1-2H3;5-6H,2-4H2,1H3;3-5H2,1-2H3;1-5H2/q+1;;+1;. The predicted molar refractivity (Wildman–Crippen MR) is 202 cm³/mol. The maximum atomic E-state index is 10.5. The molecular formula is C40H61Cl2N3O3+2. The van der Waals surface area contributed by atoms with Crippen molar-refractivity contribution in [2.24, 2.45) is 5.92 Å². The maximum Gasteiger partial charge on any atom is 0.176 e. The highest BCUT2D eigenvalue weighted by molar-refractivity contribution is 6.32. The number of allylic oxidation sites excluding steroid dienone is 10. The molecule has 0 bridgehead atoms. The van der Waals surface area contributed by atoms with E-state index in [1.54, 1.807) is 12.8 Å². The van der Waals surface area contributed by atoms with Crippen LogP contribution in [0.2, 0.25) is 0 Å².